The van der Waals surface area contributed by atoms with Gasteiger partial charge in [-0.05, 0) is 6.42 Å². The van der Waals surface area contributed by atoms with Gasteiger partial charge >= 0.3 is 71.1 Å². The van der Waals surface area contributed by atoms with Crippen molar-refractivity contribution in [2.45, 2.75) is 109 Å². The molecule has 0 aliphatic heterocycles. The van der Waals surface area contributed by atoms with Crippen molar-refractivity contribution in [2.75, 3.05) is 0 Å². The van der Waals surface area contributed by atoms with Gasteiger partial charge in [-0.3, -0.25) is 9.59 Å². The fourth-order valence-corrected chi connectivity index (χ4v) is 2.94. The second-order valence-electron chi connectivity index (χ2n) is 7.05. The molecule has 0 aliphatic carbocycles. The smallest absolute Gasteiger partial charge is 1.00 e. The zero-order valence-electron chi connectivity index (χ0n) is 20.3. The van der Waals surface area contributed by atoms with Crippen LogP contribution in [-0.4, -0.2) is 34.1 Å². The topological polar surface area (TPSA) is 104 Å². The van der Waals surface area contributed by atoms with Crippen LogP contribution >= 0.6 is 0 Å². The Bertz CT molecular complexity index is 419. The summed E-state index contributed by atoms with van der Waals surface area (Å²) in [5.74, 6) is -2.94. The van der Waals surface area contributed by atoms with Crippen molar-refractivity contribution >= 4 is 17.8 Å². The minimum absolute atomic E-state index is 0. The van der Waals surface area contributed by atoms with E-state index in [2.05, 4.69) is 12.2 Å². The number of carbonyl (C=O) groups is 3. The van der Waals surface area contributed by atoms with E-state index in [4.69, 9.17) is 10.2 Å². The van der Waals surface area contributed by atoms with Crippen LogP contribution in [0.25, 0.3) is 0 Å². The minimum Gasteiger partial charge on any atom is -1.00 e. The molecule has 0 bridgehead atoms. The third kappa shape index (κ3) is 22.7. The number of rotatable bonds is 18. The first-order valence-electron chi connectivity index (χ1n) is 10.2. The van der Waals surface area contributed by atoms with E-state index in [0.717, 1.165) is 12.8 Å². The Morgan fingerprint density at radius 2 is 1.14 bits per heavy atom. The molecule has 0 aromatic rings. The predicted molar refractivity (Wildman–Crippen MR) is 104 cm³/mol. The van der Waals surface area contributed by atoms with Gasteiger partial charge in [0.05, 0.1) is 6.42 Å². The molecule has 0 saturated heterocycles. The van der Waals surface area contributed by atoms with E-state index >= 15 is 0 Å². The van der Waals surface area contributed by atoms with E-state index in [9.17, 15) is 14.4 Å². The fraction of sp³-hybridized carbons (Fsp3) is 0.850. The van der Waals surface area contributed by atoms with E-state index in [1.165, 1.54) is 64.2 Å². The number of aliphatic carboxylic acids is 2. The molecule has 0 fully saturated rings. The average Bonchev–Trinajstić information content (AvgIpc) is 2.58. The number of carbonyl (C=O) groups excluding carboxylic acids is 1. The molecule has 156 valence electrons. The van der Waals surface area contributed by atoms with Crippen LogP contribution in [0, 0.1) is 0 Å². The molecule has 6 nitrogen and oxygen atoms in total. The van der Waals surface area contributed by atoms with E-state index in [1.807, 2.05) is 0 Å². The second kappa shape index (κ2) is 23.7. The van der Waals surface area contributed by atoms with E-state index in [-0.39, 0.29) is 74.3 Å². The molecule has 3 N–H and O–H groups in total. The SMILES string of the molecule is CCCCCCCCCCCCCCCC(=O)N[C@@H](CC(=O)O)C(=O)O.[H-].[H-].[Na+].[Na+]. The van der Waals surface area contributed by atoms with Crippen molar-refractivity contribution in [3.8, 4) is 0 Å². The van der Waals surface area contributed by atoms with Crippen LogP contribution in [0.2, 0.25) is 0 Å². The molecule has 0 spiro atoms. The van der Waals surface area contributed by atoms with E-state index in [0.29, 0.717) is 6.42 Å². The first-order chi connectivity index (χ1) is 12.5. The van der Waals surface area contributed by atoms with Gasteiger partial charge in [-0.2, -0.15) is 0 Å². The standard InChI is InChI=1S/C20H37NO5.2Na.2H/c1-2-3-4-5-6-7-8-9-10-11-12-13-14-15-18(22)21-17(20(25)26)16-19(23)24;;;;/h17H,2-16H2,1H3,(H,21,22)(H,23,24)(H,25,26);;;;/q;2*+1;2*-1/t17-;;;;/m0..../s1. The van der Waals surface area contributed by atoms with Crippen molar-refractivity contribution in [3.63, 3.8) is 0 Å². The van der Waals surface area contributed by atoms with Gasteiger partial charge in [0.15, 0.2) is 0 Å². The first-order valence-corrected chi connectivity index (χ1v) is 10.2. The summed E-state index contributed by atoms with van der Waals surface area (Å²) in [5, 5.41) is 19.8. The van der Waals surface area contributed by atoms with Gasteiger partial charge in [-0.25, -0.2) is 4.79 Å². The maximum absolute atomic E-state index is 11.7. The summed E-state index contributed by atoms with van der Waals surface area (Å²) >= 11 is 0. The summed E-state index contributed by atoms with van der Waals surface area (Å²) in [6, 6.07) is -1.35. The van der Waals surface area contributed by atoms with Crippen molar-refractivity contribution in [1.29, 1.82) is 0 Å². The van der Waals surface area contributed by atoms with Crippen LogP contribution in [0.15, 0.2) is 0 Å². The Balaban J connectivity index is -0.000000521. The maximum atomic E-state index is 11.7. The molecule has 0 aliphatic rings. The molecule has 0 rings (SSSR count). The largest absolute Gasteiger partial charge is 1.00 e. The van der Waals surface area contributed by atoms with Gasteiger partial charge in [0, 0.05) is 6.42 Å². The summed E-state index contributed by atoms with van der Waals surface area (Å²) in [7, 11) is 0. The molecular weight excluding hydrogens is 380 g/mol. The molecule has 0 radical (unpaired) electrons. The number of unbranched alkanes of at least 4 members (excludes halogenated alkanes) is 12. The van der Waals surface area contributed by atoms with Crippen LogP contribution in [0.4, 0.5) is 0 Å². The number of carboxylic acids is 2. The number of carboxylic acid groups (broad SMARTS) is 2. The van der Waals surface area contributed by atoms with Crippen molar-refractivity contribution in [2.24, 2.45) is 0 Å². The van der Waals surface area contributed by atoms with Gasteiger partial charge in [0.2, 0.25) is 5.91 Å². The van der Waals surface area contributed by atoms with Gasteiger partial charge in [0.1, 0.15) is 6.04 Å². The summed E-state index contributed by atoms with van der Waals surface area (Å²) in [5.41, 5.74) is 0. The van der Waals surface area contributed by atoms with Gasteiger partial charge in [-0.1, -0.05) is 84.0 Å². The maximum Gasteiger partial charge on any atom is 1.00 e. The van der Waals surface area contributed by atoms with Gasteiger partial charge < -0.3 is 18.4 Å². The molecule has 28 heavy (non-hydrogen) atoms. The van der Waals surface area contributed by atoms with Gasteiger partial charge in [0.25, 0.3) is 0 Å². The molecule has 1 atom stereocenters. The van der Waals surface area contributed by atoms with E-state index in [1.54, 1.807) is 0 Å². The monoisotopic (exact) mass is 419 g/mol. The molecule has 0 unspecified atom stereocenters. The van der Waals surface area contributed by atoms with Crippen LogP contribution < -0.4 is 64.4 Å². The molecule has 0 heterocycles. The molecule has 8 heteroatoms. The third-order valence-corrected chi connectivity index (χ3v) is 4.52. The van der Waals surface area contributed by atoms with Crippen LogP contribution in [0.1, 0.15) is 106 Å². The third-order valence-electron chi connectivity index (χ3n) is 4.52. The average molecular weight is 420 g/mol. The normalized spacial score (nSPS) is 11.0. The number of nitrogens with one attached hydrogen (secondary N) is 1. The Morgan fingerprint density at radius 1 is 0.750 bits per heavy atom. The first kappa shape index (κ1) is 33.1. The zero-order chi connectivity index (χ0) is 19.6. The Kier molecular flexibility index (Phi) is 28.0. The molecule has 1 amide bonds. The van der Waals surface area contributed by atoms with Crippen LogP contribution in [0.5, 0.6) is 0 Å². The number of amides is 1. The fourth-order valence-electron chi connectivity index (χ4n) is 2.94. The van der Waals surface area contributed by atoms with Crippen molar-refractivity contribution in [1.82, 2.24) is 5.32 Å². The minimum atomic E-state index is -1.35. The molecular formula is C20H39NNa2O5. The predicted octanol–water partition coefficient (Wildman–Crippen LogP) is -1.26. The second-order valence-corrected chi connectivity index (χ2v) is 7.05. The quantitative estimate of drug-likeness (QED) is 0.190. The van der Waals surface area contributed by atoms with E-state index < -0.39 is 24.4 Å². The summed E-state index contributed by atoms with van der Waals surface area (Å²) in [4.78, 5) is 33.1. The van der Waals surface area contributed by atoms with Crippen molar-refractivity contribution < 1.29 is 86.6 Å². The summed E-state index contributed by atoms with van der Waals surface area (Å²) in [6.07, 6.45) is 15.5. The molecule has 0 saturated carbocycles. The zero-order valence-corrected chi connectivity index (χ0v) is 22.3. The Morgan fingerprint density at radius 3 is 1.50 bits per heavy atom. The molecule has 0 aromatic heterocycles. The number of hydrogen-bond donors (Lipinski definition) is 3. The van der Waals surface area contributed by atoms with Crippen molar-refractivity contribution in [3.05, 3.63) is 0 Å². The van der Waals surface area contributed by atoms with Gasteiger partial charge in [-0.15, -0.1) is 0 Å². The summed E-state index contributed by atoms with van der Waals surface area (Å²) < 4.78 is 0. The van der Waals surface area contributed by atoms with Crippen LogP contribution in [0.3, 0.4) is 0 Å². The molecule has 0 aromatic carbocycles. The summed E-state index contributed by atoms with van der Waals surface area (Å²) in [6.45, 7) is 2.23. The Hall–Kier alpha value is 0.410. The Labute approximate surface area is 217 Å². The van der Waals surface area contributed by atoms with Crippen LogP contribution in [-0.2, 0) is 14.4 Å². The number of hydrogen-bond acceptors (Lipinski definition) is 3.